The van der Waals surface area contributed by atoms with Gasteiger partial charge in [0.15, 0.2) is 5.76 Å². The van der Waals surface area contributed by atoms with Gasteiger partial charge in [-0.2, -0.15) is 0 Å². The Hall–Kier alpha value is -3.59. The number of amides is 3. The predicted octanol–water partition coefficient (Wildman–Crippen LogP) is 3.74. The summed E-state index contributed by atoms with van der Waals surface area (Å²) in [5, 5.41) is 4.11. The van der Waals surface area contributed by atoms with E-state index in [1.807, 2.05) is 6.92 Å². The third-order valence-corrected chi connectivity index (χ3v) is 5.61. The van der Waals surface area contributed by atoms with E-state index < -0.39 is 28.1 Å². The summed E-state index contributed by atoms with van der Waals surface area (Å²) < 4.78 is 11.2. The van der Waals surface area contributed by atoms with Gasteiger partial charge in [0.25, 0.3) is 5.24 Å². The maximum absolute atomic E-state index is 13.1. The number of furan rings is 1. The van der Waals surface area contributed by atoms with Crippen LogP contribution in [0.2, 0.25) is 0 Å². The number of rotatable bonds is 7. The van der Waals surface area contributed by atoms with E-state index in [0.717, 1.165) is 11.8 Å². The van der Waals surface area contributed by atoms with Crippen molar-refractivity contribution in [1.82, 2.24) is 5.32 Å². The highest BCUT2D eigenvalue weighted by Gasteiger charge is 2.34. The van der Waals surface area contributed by atoms with E-state index in [4.69, 9.17) is 9.15 Å². The van der Waals surface area contributed by atoms with Crippen LogP contribution in [0.5, 0.6) is 5.75 Å². The smallest absolute Gasteiger partial charge is 0.286 e. The topological polar surface area (TPSA) is 115 Å². The van der Waals surface area contributed by atoms with Crippen molar-refractivity contribution < 1.29 is 28.3 Å². The lowest BCUT2D eigenvalue weighted by Gasteiger charge is -2.08. The molecule has 8 nitrogen and oxygen atoms in total. The zero-order chi connectivity index (χ0) is 22.0. The molecule has 2 aromatic carbocycles. The van der Waals surface area contributed by atoms with Crippen molar-refractivity contribution in [1.29, 1.82) is 0 Å². The second kappa shape index (κ2) is 8.65. The molecule has 9 heteroatoms. The molecule has 158 valence electrons. The summed E-state index contributed by atoms with van der Waals surface area (Å²) in [5.74, 6) is -0.794. The first-order chi connectivity index (χ1) is 15.0. The predicted molar refractivity (Wildman–Crippen MR) is 115 cm³/mol. The SMILES string of the molecule is CCOc1ccc(C(=O)c2oc3ccccc3c2NC(=O)CC2SC(=O)NC2=O)cc1. The third kappa shape index (κ3) is 4.31. The van der Waals surface area contributed by atoms with E-state index in [2.05, 4.69) is 10.6 Å². The number of imide groups is 1. The number of ketones is 1. The number of para-hydroxylation sites is 1. The van der Waals surface area contributed by atoms with Gasteiger partial charge in [0.2, 0.25) is 17.6 Å². The van der Waals surface area contributed by atoms with E-state index in [1.165, 1.54) is 0 Å². The summed E-state index contributed by atoms with van der Waals surface area (Å²) in [6.45, 7) is 2.38. The Morgan fingerprint density at radius 2 is 1.87 bits per heavy atom. The number of anilines is 1. The highest BCUT2D eigenvalue weighted by atomic mass is 32.2. The monoisotopic (exact) mass is 438 g/mol. The average molecular weight is 438 g/mol. The van der Waals surface area contributed by atoms with Gasteiger partial charge in [-0.15, -0.1) is 0 Å². The largest absolute Gasteiger partial charge is 0.494 e. The number of carbonyl (C=O) groups is 4. The summed E-state index contributed by atoms with van der Waals surface area (Å²) in [4.78, 5) is 48.8. The van der Waals surface area contributed by atoms with Crippen LogP contribution >= 0.6 is 11.8 Å². The first-order valence-corrected chi connectivity index (χ1v) is 10.4. The van der Waals surface area contributed by atoms with E-state index >= 15 is 0 Å². The second-order valence-corrected chi connectivity index (χ2v) is 7.90. The second-order valence-electron chi connectivity index (χ2n) is 6.72. The summed E-state index contributed by atoms with van der Waals surface area (Å²) in [7, 11) is 0. The van der Waals surface area contributed by atoms with Gasteiger partial charge in [-0.25, -0.2) is 0 Å². The summed E-state index contributed by atoms with van der Waals surface area (Å²) in [5.41, 5.74) is 1.04. The molecule has 1 unspecified atom stereocenters. The van der Waals surface area contributed by atoms with Gasteiger partial charge in [-0.05, 0) is 43.3 Å². The molecular formula is C22H18N2O6S. The molecule has 3 amide bonds. The summed E-state index contributed by atoms with van der Waals surface area (Å²) >= 11 is 0.768. The van der Waals surface area contributed by atoms with Crippen molar-refractivity contribution >= 4 is 51.3 Å². The van der Waals surface area contributed by atoms with Crippen molar-refractivity contribution in [3.8, 4) is 5.75 Å². The molecule has 0 saturated carbocycles. The van der Waals surface area contributed by atoms with Crippen molar-refractivity contribution in [3.05, 3.63) is 59.9 Å². The van der Waals surface area contributed by atoms with Crippen LogP contribution in [0.1, 0.15) is 29.5 Å². The Bertz CT molecular complexity index is 1180. The molecule has 1 aliphatic rings. The number of ether oxygens (including phenoxy) is 1. The van der Waals surface area contributed by atoms with Gasteiger partial charge in [0.1, 0.15) is 16.6 Å². The Morgan fingerprint density at radius 1 is 1.13 bits per heavy atom. The molecule has 1 atom stereocenters. The number of thioether (sulfide) groups is 1. The Morgan fingerprint density at radius 3 is 2.55 bits per heavy atom. The van der Waals surface area contributed by atoms with Crippen molar-refractivity contribution in [3.63, 3.8) is 0 Å². The van der Waals surface area contributed by atoms with Crippen LogP contribution in [0.15, 0.2) is 52.9 Å². The molecular weight excluding hydrogens is 420 g/mol. The maximum atomic E-state index is 13.1. The molecule has 2 N–H and O–H groups in total. The highest BCUT2D eigenvalue weighted by Crippen LogP contribution is 2.33. The minimum atomic E-state index is -0.809. The number of benzene rings is 2. The van der Waals surface area contributed by atoms with Crippen molar-refractivity contribution in [2.45, 2.75) is 18.6 Å². The van der Waals surface area contributed by atoms with Crippen LogP contribution in [-0.4, -0.2) is 34.7 Å². The zero-order valence-electron chi connectivity index (χ0n) is 16.5. The summed E-state index contributed by atoms with van der Waals surface area (Å²) in [6, 6.07) is 13.6. The van der Waals surface area contributed by atoms with Gasteiger partial charge in [0, 0.05) is 17.4 Å². The molecule has 0 spiro atoms. The van der Waals surface area contributed by atoms with Crippen LogP contribution in [0.3, 0.4) is 0 Å². The van der Waals surface area contributed by atoms with E-state index in [0.29, 0.717) is 28.9 Å². The number of carbonyl (C=O) groups excluding carboxylic acids is 4. The van der Waals surface area contributed by atoms with E-state index in [9.17, 15) is 19.2 Å². The molecule has 1 aliphatic heterocycles. The number of fused-ring (bicyclic) bond motifs is 1. The van der Waals surface area contributed by atoms with Crippen molar-refractivity contribution in [2.75, 3.05) is 11.9 Å². The lowest BCUT2D eigenvalue weighted by molar-refractivity contribution is -0.122. The average Bonchev–Trinajstić information content (AvgIpc) is 3.27. The third-order valence-electron chi connectivity index (χ3n) is 4.63. The fourth-order valence-electron chi connectivity index (χ4n) is 3.22. The Labute approximate surface area is 181 Å². The molecule has 1 saturated heterocycles. The van der Waals surface area contributed by atoms with E-state index in [-0.39, 0.29) is 17.9 Å². The van der Waals surface area contributed by atoms with Gasteiger partial charge >= 0.3 is 0 Å². The van der Waals surface area contributed by atoms with Crippen molar-refractivity contribution in [2.24, 2.45) is 0 Å². The number of nitrogens with one attached hydrogen (secondary N) is 2. The minimum absolute atomic E-state index is 0.0155. The van der Waals surface area contributed by atoms with Gasteiger partial charge in [-0.1, -0.05) is 23.9 Å². The van der Waals surface area contributed by atoms with Crippen LogP contribution in [0.25, 0.3) is 11.0 Å². The number of hydrogen-bond donors (Lipinski definition) is 2. The molecule has 31 heavy (non-hydrogen) atoms. The van der Waals surface area contributed by atoms with Crippen LogP contribution in [0, 0.1) is 0 Å². The quantitative estimate of drug-likeness (QED) is 0.540. The molecule has 0 aliphatic carbocycles. The first-order valence-electron chi connectivity index (χ1n) is 9.56. The Balaban J connectivity index is 1.62. The molecule has 0 bridgehead atoms. The van der Waals surface area contributed by atoms with Gasteiger partial charge in [0.05, 0.1) is 12.3 Å². The van der Waals surface area contributed by atoms with Gasteiger partial charge < -0.3 is 14.5 Å². The molecule has 1 aromatic heterocycles. The van der Waals surface area contributed by atoms with Crippen LogP contribution in [0.4, 0.5) is 10.5 Å². The first kappa shape index (κ1) is 20.7. The normalized spacial score (nSPS) is 15.7. The molecule has 0 radical (unpaired) electrons. The molecule has 4 rings (SSSR count). The molecule has 3 aromatic rings. The molecule has 1 fully saturated rings. The fraction of sp³-hybridized carbons (Fsp3) is 0.182. The number of hydrogen-bond acceptors (Lipinski definition) is 7. The maximum Gasteiger partial charge on any atom is 0.286 e. The lowest BCUT2D eigenvalue weighted by atomic mass is 10.1. The zero-order valence-corrected chi connectivity index (χ0v) is 17.3. The van der Waals surface area contributed by atoms with E-state index in [1.54, 1.807) is 48.5 Å². The Kier molecular flexibility index (Phi) is 5.77. The fourth-order valence-corrected chi connectivity index (χ4v) is 4.03. The molecule has 2 heterocycles. The van der Waals surface area contributed by atoms with Gasteiger partial charge in [-0.3, -0.25) is 24.5 Å². The standard InChI is InChI=1S/C22H18N2O6S/c1-2-29-13-9-7-12(8-10-13)19(26)20-18(14-5-3-4-6-15(14)30-20)23-17(25)11-16-21(27)24-22(28)31-16/h3-10,16H,2,11H2,1H3,(H,23,25)(H,24,27,28). The van der Waals surface area contributed by atoms with Crippen LogP contribution in [-0.2, 0) is 9.59 Å². The minimum Gasteiger partial charge on any atom is -0.494 e. The van der Waals surface area contributed by atoms with Crippen LogP contribution < -0.4 is 15.4 Å². The lowest BCUT2D eigenvalue weighted by Crippen LogP contribution is -2.27. The summed E-state index contributed by atoms with van der Waals surface area (Å²) in [6.07, 6.45) is -0.210. The highest BCUT2D eigenvalue weighted by molar-refractivity contribution is 8.15.